The zero-order valence-electron chi connectivity index (χ0n) is 14.8. The van der Waals surface area contributed by atoms with Gasteiger partial charge in [-0.1, -0.05) is 78.4 Å². The minimum Gasteiger partial charge on any atom is -0.392 e. The summed E-state index contributed by atoms with van der Waals surface area (Å²) in [4.78, 5) is 11.7. The van der Waals surface area contributed by atoms with E-state index in [2.05, 4.69) is 0 Å². The summed E-state index contributed by atoms with van der Waals surface area (Å²) >= 11 is 0. The Morgan fingerprint density at radius 2 is 1.52 bits per heavy atom. The van der Waals surface area contributed by atoms with E-state index in [9.17, 15) is 4.79 Å². The SMILES string of the molecule is CC(=O)C(=C1CCCC1)c1ccccc1.OC/C=C/c1ccccc1. The Kier molecular flexibility index (Phi) is 7.87. The van der Waals surface area contributed by atoms with Crippen LogP contribution in [0.3, 0.4) is 0 Å². The molecule has 0 heterocycles. The maximum Gasteiger partial charge on any atom is 0.160 e. The Labute approximate surface area is 150 Å². The van der Waals surface area contributed by atoms with E-state index in [1.165, 1.54) is 18.4 Å². The molecule has 1 aliphatic rings. The lowest BCUT2D eigenvalue weighted by atomic mass is 9.96. The molecule has 0 unspecified atom stereocenters. The highest BCUT2D eigenvalue weighted by molar-refractivity contribution is 6.20. The minimum absolute atomic E-state index is 0.106. The van der Waals surface area contributed by atoms with Crippen LogP contribution in [0.2, 0.25) is 0 Å². The minimum atomic E-state index is 0.106. The number of Topliss-reactive ketones (excluding diaryl/α,β-unsaturated/α-hetero) is 1. The molecule has 1 fully saturated rings. The predicted molar refractivity (Wildman–Crippen MR) is 105 cm³/mol. The maximum absolute atomic E-state index is 11.7. The number of hydrogen-bond acceptors (Lipinski definition) is 2. The van der Waals surface area contributed by atoms with Crippen molar-refractivity contribution in [2.24, 2.45) is 0 Å². The van der Waals surface area contributed by atoms with Gasteiger partial charge in [0, 0.05) is 5.57 Å². The van der Waals surface area contributed by atoms with Crippen molar-refractivity contribution in [3.05, 3.63) is 83.4 Å². The Bertz CT molecular complexity index is 704. The van der Waals surface area contributed by atoms with Crippen LogP contribution in [0.15, 0.2) is 72.3 Å². The first-order chi connectivity index (χ1) is 12.2. The summed E-state index contributed by atoms with van der Waals surface area (Å²) < 4.78 is 0. The molecule has 0 aromatic heterocycles. The van der Waals surface area contributed by atoms with E-state index in [1.807, 2.05) is 66.7 Å². The zero-order chi connectivity index (χ0) is 17.9. The van der Waals surface area contributed by atoms with Crippen molar-refractivity contribution in [3.63, 3.8) is 0 Å². The van der Waals surface area contributed by atoms with E-state index >= 15 is 0 Å². The van der Waals surface area contributed by atoms with E-state index in [-0.39, 0.29) is 12.4 Å². The van der Waals surface area contributed by atoms with Gasteiger partial charge in [0.25, 0.3) is 0 Å². The molecule has 0 bridgehead atoms. The lowest BCUT2D eigenvalue weighted by molar-refractivity contribution is -0.111. The highest BCUT2D eigenvalue weighted by atomic mass is 16.2. The predicted octanol–water partition coefficient (Wildman–Crippen LogP) is 5.30. The van der Waals surface area contributed by atoms with Crippen LogP contribution >= 0.6 is 0 Å². The lowest BCUT2D eigenvalue weighted by Gasteiger charge is -2.08. The Morgan fingerprint density at radius 3 is 2.04 bits per heavy atom. The van der Waals surface area contributed by atoms with Crippen LogP contribution in [0.25, 0.3) is 11.6 Å². The summed E-state index contributed by atoms with van der Waals surface area (Å²) in [6.45, 7) is 1.78. The second-order valence-corrected chi connectivity index (χ2v) is 6.10. The maximum atomic E-state index is 11.7. The van der Waals surface area contributed by atoms with E-state index < -0.39 is 0 Å². The third-order valence-electron chi connectivity index (χ3n) is 4.19. The summed E-state index contributed by atoms with van der Waals surface area (Å²) in [5, 5.41) is 8.44. The molecule has 0 spiro atoms. The van der Waals surface area contributed by atoms with Crippen LogP contribution < -0.4 is 0 Å². The van der Waals surface area contributed by atoms with E-state index in [0.717, 1.165) is 29.5 Å². The smallest absolute Gasteiger partial charge is 0.160 e. The van der Waals surface area contributed by atoms with Crippen LogP contribution in [0, 0.1) is 0 Å². The number of allylic oxidation sites excluding steroid dienone is 2. The first-order valence-electron chi connectivity index (χ1n) is 8.83. The summed E-state index contributed by atoms with van der Waals surface area (Å²) in [6, 6.07) is 19.9. The number of rotatable bonds is 4. The van der Waals surface area contributed by atoms with Gasteiger partial charge in [-0.2, -0.15) is 0 Å². The number of ketones is 1. The van der Waals surface area contributed by atoms with Gasteiger partial charge in [0.1, 0.15) is 0 Å². The van der Waals surface area contributed by atoms with Crippen molar-refractivity contribution in [3.8, 4) is 0 Å². The van der Waals surface area contributed by atoms with Gasteiger partial charge in [0.05, 0.1) is 6.61 Å². The average Bonchev–Trinajstić information content (AvgIpc) is 3.16. The summed E-state index contributed by atoms with van der Waals surface area (Å²) in [5.41, 5.74) is 4.53. The molecule has 0 radical (unpaired) electrons. The van der Waals surface area contributed by atoms with Crippen LogP contribution in [-0.4, -0.2) is 17.5 Å². The van der Waals surface area contributed by atoms with Gasteiger partial charge in [-0.3, -0.25) is 4.79 Å². The molecule has 130 valence electrons. The van der Waals surface area contributed by atoms with Gasteiger partial charge >= 0.3 is 0 Å². The second kappa shape index (κ2) is 10.4. The lowest BCUT2D eigenvalue weighted by Crippen LogP contribution is -1.99. The van der Waals surface area contributed by atoms with Crippen molar-refractivity contribution >= 4 is 17.4 Å². The average molecular weight is 334 g/mol. The van der Waals surface area contributed by atoms with E-state index in [0.29, 0.717) is 0 Å². The molecule has 2 nitrogen and oxygen atoms in total. The highest BCUT2D eigenvalue weighted by Crippen LogP contribution is 2.32. The van der Waals surface area contributed by atoms with Gasteiger partial charge in [0.15, 0.2) is 5.78 Å². The summed E-state index contributed by atoms with van der Waals surface area (Å²) in [6.07, 6.45) is 8.28. The van der Waals surface area contributed by atoms with Gasteiger partial charge in [0.2, 0.25) is 0 Å². The molecule has 1 N–H and O–H groups in total. The first-order valence-corrected chi connectivity index (χ1v) is 8.83. The van der Waals surface area contributed by atoms with Gasteiger partial charge in [-0.25, -0.2) is 0 Å². The van der Waals surface area contributed by atoms with Crippen molar-refractivity contribution in [1.29, 1.82) is 0 Å². The number of aliphatic hydroxyl groups is 1. The van der Waals surface area contributed by atoms with Crippen molar-refractivity contribution in [2.45, 2.75) is 32.6 Å². The van der Waals surface area contributed by atoms with Gasteiger partial charge in [-0.15, -0.1) is 0 Å². The van der Waals surface area contributed by atoms with Crippen LogP contribution in [0.5, 0.6) is 0 Å². The monoisotopic (exact) mass is 334 g/mol. The topological polar surface area (TPSA) is 37.3 Å². The van der Waals surface area contributed by atoms with Crippen LogP contribution in [0.1, 0.15) is 43.7 Å². The molecule has 0 amide bonds. The molecule has 0 atom stereocenters. The van der Waals surface area contributed by atoms with Gasteiger partial charge in [-0.05, 0) is 43.7 Å². The Hall–Kier alpha value is -2.45. The fraction of sp³-hybridized carbons (Fsp3) is 0.261. The Morgan fingerprint density at radius 1 is 0.960 bits per heavy atom. The summed E-state index contributed by atoms with van der Waals surface area (Å²) in [7, 11) is 0. The van der Waals surface area contributed by atoms with E-state index in [1.54, 1.807) is 13.0 Å². The number of aliphatic hydroxyl groups excluding tert-OH is 1. The molecule has 1 aliphatic carbocycles. The number of hydrogen-bond donors (Lipinski definition) is 1. The zero-order valence-corrected chi connectivity index (χ0v) is 14.8. The summed E-state index contributed by atoms with van der Waals surface area (Å²) in [5.74, 6) is 0.207. The highest BCUT2D eigenvalue weighted by Gasteiger charge is 2.16. The molecule has 0 aliphatic heterocycles. The first kappa shape index (κ1) is 18.9. The van der Waals surface area contributed by atoms with Gasteiger partial charge < -0.3 is 5.11 Å². The quantitative estimate of drug-likeness (QED) is 0.771. The Balaban J connectivity index is 0.000000196. The normalized spacial score (nSPS) is 13.4. The fourth-order valence-electron chi connectivity index (χ4n) is 3.07. The molecule has 1 saturated carbocycles. The fourth-order valence-corrected chi connectivity index (χ4v) is 3.07. The van der Waals surface area contributed by atoms with Crippen LogP contribution in [0.4, 0.5) is 0 Å². The number of benzene rings is 2. The molecule has 2 heteroatoms. The van der Waals surface area contributed by atoms with Crippen LogP contribution in [-0.2, 0) is 4.79 Å². The third kappa shape index (κ3) is 6.17. The third-order valence-corrected chi connectivity index (χ3v) is 4.19. The molecule has 3 rings (SSSR count). The number of carbonyl (C=O) groups is 1. The second-order valence-electron chi connectivity index (χ2n) is 6.10. The molecular formula is C23H26O2. The molecule has 25 heavy (non-hydrogen) atoms. The standard InChI is InChI=1S/C14H16O.C9H10O/c1-11(15)14(13-9-5-6-10-13)12-7-3-2-4-8-12;10-8-4-7-9-5-2-1-3-6-9/h2-4,7-8H,5-6,9-10H2,1H3;1-7,10H,8H2/b;7-4+. The molecule has 0 saturated heterocycles. The molecular weight excluding hydrogens is 308 g/mol. The largest absolute Gasteiger partial charge is 0.392 e. The molecule has 2 aromatic rings. The van der Waals surface area contributed by atoms with Crippen molar-refractivity contribution < 1.29 is 9.90 Å². The van der Waals surface area contributed by atoms with E-state index in [4.69, 9.17) is 5.11 Å². The van der Waals surface area contributed by atoms with Crippen molar-refractivity contribution in [2.75, 3.05) is 6.61 Å². The number of carbonyl (C=O) groups excluding carboxylic acids is 1. The molecule has 2 aromatic carbocycles. The van der Waals surface area contributed by atoms with Crippen molar-refractivity contribution in [1.82, 2.24) is 0 Å².